The number of carbonyl (C=O) groups is 1. The summed E-state index contributed by atoms with van der Waals surface area (Å²) in [5, 5.41) is 3.75. The molecule has 7 nitrogen and oxygen atoms in total. The number of amides is 1. The average Bonchev–Trinajstić information content (AvgIpc) is 3.20. The fraction of sp³-hybridized carbons (Fsp3) is 0.423. The standard InChI is InChI=1S/C26H33N3O4S/c1-19(2)33-23-6-4-21(5-7-23)17-27-26(30)18-28-13-12-22-16-24(8-9-25(22)28)34(31,32)29-14-10-20(3)11-15-29/h4-9,12-13,16,19-20H,10-11,14-15,17-18H2,1-3H3,(H,27,30). The number of nitrogens with one attached hydrogen (secondary N) is 1. The third-order valence-corrected chi connectivity index (χ3v) is 8.12. The highest BCUT2D eigenvalue weighted by molar-refractivity contribution is 7.89. The van der Waals surface area contributed by atoms with E-state index in [1.807, 2.05) is 54.9 Å². The first-order valence-electron chi connectivity index (χ1n) is 11.8. The normalized spacial score (nSPS) is 15.6. The molecule has 1 saturated heterocycles. The first kappa shape index (κ1) is 24.3. The molecule has 3 aromatic rings. The summed E-state index contributed by atoms with van der Waals surface area (Å²) >= 11 is 0. The number of aromatic nitrogens is 1. The molecule has 182 valence electrons. The zero-order valence-corrected chi connectivity index (χ0v) is 20.8. The number of sulfonamides is 1. The van der Waals surface area contributed by atoms with Crippen molar-refractivity contribution in [3.8, 4) is 5.75 Å². The molecule has 0 unspecified atom stereocenters. The molecule has 1 amide bonds. The van der Waals surface area contributed by atoms with Gasteiger partial charge in [0.2, 0.25) is 15.9 Å². The first-order valence-corrected chi connectivity index (χ1v) is 13.3. The van der Waals surface area contributed by atoms with E-state index in [9.17, 15) is 13.2 Å². The minimum absolute atomic E-state index is 0.112. The summed E-state index contributed by atoms with van der Waals surface area (Å²) in [5.74, 6) is 1.26. The van der Waals surface area contributed by atoms with Gasteiger partial charge in [-0.05, 0) is 74.6 Å². The molecule has 1 aliphatic heterocycles. The summed E-state index contributed by atoms with van der Waals surface area (Å²) in [4.78, 5) is 12.8. The number of piperidine rings is 1. The maximum absolute atomic E-state index is 13.1. The van der Waals surface area contributed by atoms with Gasteiger partial charge in [0.1, 0.15) is 12.3 Å². The van der Waals surface area contributed by atoms with Crippen LogP contribution in [0, 0.1) is 5.92 Å². The molecular formula is C26H33N3O4S. The van der Waals surface area contributed by atoms with Crippen LogP contribution in [-0.2, 0) is 27.9 Å². The Labute approximate surface area is 201 Å². The zero-order valence-electron chi connectivity index (χ0n) is 20.0. The summed E-state index contributed by atoms with van der Waals surface area (Å²) in [6, 6.07) is 14.7. The van der Waals surface area contributed by atoms with Crippen molar-refractivity contribution in [2.45, 2.75) is 57.7 Å². The molecule has 0 radical (unpaired) electrons. The number of carbonyl (C=O) groups excluding carboxylic acids is 1. The van der Waals surface area contributed by atoms with Gasteiger partial charge in [0.25, 0.3) is 0 Å². The van der Waals surface area contributed by atoms with Gasteiger partial charge in [-0.3, -0.25) is 4.79 Å². The van der Waals surface area contributed by atoms with Crippen molar-refractivity contribution in [2.24, 2.45) is 5.92 Å². The van der Waals surface area contributed by atoms with Gasteiger partial charge in [-0.1, -0.05) is 19.1 Å². The molecule has 1 aliphatic rings. The van der Waals surface area contributed by atoms with Gasteiger partial charge in [0, 0.05) is 36.7 Å². The molecule has 8 heteroatoms. The molecule has 1 N–H and O–H groups in total. The predicted molar refractivity (Wildman–Crippen MR) is 133 cm³/mol. The topological polar surface area (TPSA) is 80.6 Å². The van der Waals surface area contributed by atoms with E-state index in [0.29, 0.717) is 30.4 Å². The predicted octanol–water partition coefficient (Wildman–Crippen LogP) is 4.17. The summed E-state index contributed by atoms with van der Waals surface area (Å²) in [6.07, 6.45) is 3.72. The fourth-order valence-corrected chi connectivity index (χ4v) is 5.73. The Morgan fingerprint density at radius 3 is 2.47 bits per heavy atom. The summed E-state index contributed by atoms with van der Waals surface area (Å²) in [6.45, 7) is 7.84. The van der Waals surface area contributed by atoms with Gasteiger partial charge < -0.3 is 14.6 Å². The van der Waals surface area contributed by atoms with E-state index in [2.05, 4.69) is 12.2 Å². The minimum atomic E-state index is -3.50. The number of benzene rings is 2. The Hall–Kier alpha value is -2.84. The highest BCUT2D eigenvalue weighted by Crippen LogP contribution is 2.26. The lowest BCUT2D eigenvalue weighted by atomic mass is 10.0. The van der Waals surface area contributed by atoms with Crippen LogP contribution < -0.4 is 10.1 Å². The van der Waals surface area contributed by atoms with Crippen molar-refractivity contribution >= 4 is 26.8 Å². The van der Waals surface area contributed by atoms with E-state index in [0.717, 1.165) is 35.1 Å². The third-order valence-electron chi connectivity index (χ3n) is 6.22. The molecule has 1 aromatic heterocycles. The van der Waals surface area contributed by atoms with Gasteiger partial charge >= 0.3 is 0 Å². The quantitative estimate of drug-likeness (QED) is 0.522. The van der Waals surface area contributed by atoms with E-state index in [-0.39, 0.29) is 18.6 Å². The SMILES string of the molecule is CC1CCN(S(=O)(=O)c2ccc3c(ccn3CC(=O)NCc3ccc(OC(C)C)cc3)c2)CC1. The van der Waals surface area contributed by atoms with Crippen LogP contribution in [0.25, 0.3) is 10.9 Å². The molecule has 0 atom stereocenters. The second kappa shape index (κ2) is 10.2. The molecule has 2 aromatic carbocycles. The van der Waals surface area contributed by atoms with Crippen LogP contribution in [0.5, 0.6) is 5.75 Å². The molecule has 0 spiro atoms. The largest absolute Gasteiger partial charge is 0.491 e. The van der Waals surface area contributed by atoms with E-state index in [4.69, 9.17) is 4.74 Å². The Balaban J connectivity index is 1.39. The van der Waals surface area contributed by atoms with Gasteiger partial charge in [-0.2, -0.15) is 4.31 Å². The number of nitrogens with zero attached hydrogens (tertiary/aromatic N) is 2. The number of ether oxygens (including phenoxy) is 1. The lowest BCUT2D eigenvalue weighted by molar-refractivity contribution is -0.121. The molecule has 0 aliphatic carbocycles. The number of hydrogen-bond donors (Lipinski definition) is 1. The van der Waals surface area contributed by atoms with Crippen molar-refractivity contribution < 1.29 is 17.9 Å². The van der Waals surface area contributed by atoms with Crippen molar-refractivity contribution in [1.29, 1.82) is 0 Å². The number of rotatable bonds is 8. The highest BCUT2D eigenvalue weighted by Gasteiger charge is 2.28. The van der Waals surface area contributed by atoms with Crippen molar-refractivity contribution in [3.05, 3.63) is 60.3 Å². The Morgan fingerprint density at radius 2 is 1.79 bits per heavy atom. The van der Waals surface area contributed by atoms with Crippen LogP contribution in [0.1, 0.15) is 39.2 Å². The second-order valence-corrected chi connectivity index (χ2v) is 11.3. The van der Waals surface area contributed by atoms with Gasteiger partial charge in [0.05, 0.1) is 11.0 Å². The smallest absolute Gasteiger partial charge is 0.243 e. The van der Waals surface area contributed by atoms with Crippen molar-refractivity contribution in [2.75, 3.05) is 13.1 Å². The average molecular weight is 484 g/mol. The minimum Gasteiger partial charge on any atom is -0.491 e. The van der Waals surface area contributed by atoms with Crippen molar-refractivity contribution in [1.82, 2.24) is 14.2 Å². The number of fused-ring (bicyclic) bond motifs is 1. The van der Waals surface area contributed by atoms with E-state index < -0.39 is 10.0 Å². The Morgan fingerprint density at radius 1 is 1.09 bits per heavy atom. The molecule has 0 bridgehead atoms. The zero-order chi connectivity index (χ0) is 24.3. The Bertz CT molecular complexity index is 1240. The van der Waals surface area contributed by atoms with E-state index >= 15 is 0 Å². The molecule has 1 fully saturated rings. The summed E-state index contributed by atoms with van der Waals surface area (Å²) < 4.78 is 35.2. The molecular weight excluding hydrogens is 450 g/mol. The molecule has 4 rings (SSSR count). The maximum Gasteiger partial charge on any atom is 0.243 e. The van der Waals surface area contributed by atoms with Crippen LogP contribution in [0.2, 0.25) is 0 Å². The number of hydrogen-bond acceptors (Lipinski definition) is 4. The van der Waals surface area contributed by atoms with E-state index in [1.165, 1.54) is 0 Å². The monoisotopic (exact) mass is 483 g/mol. The van der Waals surface area contributed by atoms with E-state index in [1.54, 1.807) is 22.5 Å². The highest BCUT2D eigenvalue weighted by atomic mass is 32.2. The van der Waals surface area contributed by atoms with Crippen LogP contribution in [0.15, 0.2) is 59.6 Å². The van der Waals surface area contributed by atoms with Gasteiger partial charge in [0.15, 0.2) is 0 Å². The fourth-order valence-electron chi connectivity index (χ4n) is 4.22. The lowest BCUT2D eigenvalue weighted by Gasteiger charge is -2.29. The summed E-state index contributed by atoms with van der Waals surface area (Å²) in [5.41, 5.74) is 1.82. The summed E-state index contributed by atoms with van der Waals surface area (Å²) in [7, 11) is -3.50. The molecule has 34 heavy (non-hydrogen) atoms. The molecule has 2 heterocycles. The molecule has 0 saturated carbocycles. The second-order valence-electron chi connectivity index (χ2n) is 9.34. The van der Waals surface area contributed by atoms with Crippen molar-refractivity contribution in [3.63, 3.8) is 0 Å². The van der Waals surface area contributed by atoms with Crippen LogP contribution in [-0.4, -0.2) is 42.4 Å². The van der Waals surface area contributed by atoms with Crippen LogP contribution >= 0.6 is 0 Å². The Kier molecular flexibility index (Phi) is 7.28. The first-order chi connectivity index (χ1) is 16.2. The van der Waals surface area contributed by atoms with Crippen LogP contribution in [0.4, 0.5) is 0 Å². The van der Waals surface area contributed by atoms with Gasteiger partial charge in [-0.25, -0.2) is 8.42 Å². The van der Waals surface area contributed by atoms with Gasteiger partial charge in [-0.15, -0.1) is 0 Å². The van der Waals surface area contributed by atoms with Crippen LogP contribution in [0.3, 0.4) is 0 Å². The maximum atomic E-state index is 13.1. The third kappa shape index (κ3) is 5.62. The lowest BCUT2D eigenvalue weighted by Crippen LogP contribution is -2.37.